The molecular formula is C57H102N2O7P+. The van der Waals surface area contributed by atoms with E-state index in [0.717, 1.165) is 83.5 Å². The minimum atomic E-state index is -4.44. The maximum Gasteiger partial charge on any atom is 0.472 e. The number of aliphatic hydroxyl groups is 2. The van der Waals surface area contributed by atoms with E-state index in [4.69, 9.17) is 9.05 Å². The number of quaternary nitrogens is 1. The van der Waals surface area contributed by atoms with Crippen LogP contribution in [0.15, 0.2) is 97.2 Å². The van der Waals surface area contributed by atoms with E-state index >= 15 is 0 Å². The molecule has 9 nitrogen and oxygen atoms in total. The first kappa shape index (κ1) is 64.4. The number of phosphoric ester groups is 1. The van der Waals surface area contributed by atoms with E-state index in [9.17, 15) is 24.5 Å². The molecule has 386 valence electrons. The Bertz CT molecular complexity index is 1430. The highest BCUT2D eigenvalue weighted by Gasteiger charge is 2.31. The zero-order chi connectivity index (χ0) is 49.4. The molecule has 4 unspecified atom stereocenters. The van der Waals surface area contributed by atoms with Gasteiger partial charge in [-0.2, -0.15) is 0 Å². The summed E-state index contributed by atoms with van der Waals surface area (Å²) in [5.74, 6) is -0.279. The number of nitrogens with one attached hydrogen (secondary N) is 1. The van der Waals surface area contributed by atoms with Crippen molar-refractivity contribution in [3.63, 3.8) is 0 Å². The fourth-order valence-corrected chi connectivity index (χ4v) is 8.00. The third-order valence-electron chi connectivity index (χ3n) is 11.5. The molecule has 0 fully saturated rings. The van der Waals surface area contributed by atoms with E-state index in [1.807, 2.05) is 28.1 Å². The van der Waals surface area contributed by atoms with E-state index in [1.165, 1.54) is 77.0 Å². The minimum Gasteiger partial charge on any atom is -0.390 e. The van der Waals surface area contributed by atoms with Crippen LogP contribution in [0.4, 0.5) is 0 Å². The number of hydrogen-bond acceptors (Lipinski definition) is 6. The van der Waals surface area contributed by atoms with Crippen LogP contribution >= 0.6 is 7.82 Å². The van der Waals surface area contributed by atoms with Gasteiger partial charge in [-0.05, 0) is 103 Å². The van der Waals surface area contributed by atoms with Crippen LogP contribution < -0.4 is 5.32 Å². The molecule has 0 bridgehead atoms. The lowest BCUT2D eigenvalue weighted by Crippen LogP contribution is -2.51. The third kappa shape index (κ3) is 48.2. The third-order valence-corrected chi connectivity index (χ3v) is 12.4. The van der Waals surface area contributed by atoms with Crippen molar-refractivity contribution in [1.82, 2.24) is 5.32 Å². The molecule has 0 radical (unpaired) electrons. The highest BCUT2D eigenvalue weighted by Crippen LogP contribution is 2.43. The summed E-state index contributed by atoms with van der Waals surface area (Å²) in [5, 5.41) is 24.7. The maximum absolute atomic E-state index is 13.0. The molecule has 0 heterocycles. The van der Waals surface area contributed by atoms with Gasteiger partial charge in [0.2, 0.25) is 5.91 Å². The molecule has 0 aromatic heterocycles. The van der Waals surface area contributed by atoms with Gasteiger partial charge >= 0.3 is 7.82 Å². The largest absolute Gasteiger partial charge is 0.472 e. The molecular weight excluding hydrogens is 856 g/mol. The fourth-order valence-electron chi connectivity index (χ4n) is 7.27. The summed E-state index contributed by atoms with van der Waals surface area (Å²) in [4.78, 5) is 23.3. The van der Waals surface area contributed by atoms with Gasteiger partial charge in [-0.3, -0.25) is 13.8 Å². The van der Waals surface area contributed by atoms with Crippen LogP contribution in [0.5, 0.6) is 0 Å². The maximum atomic E-state index is 13.0. The number of nitrogens with zero attached hydrogens (tertiary/aromatic N) is 1. The second kappa shape index (κ2) is 47.1. The van der Waals surface area contributed by atoms with Gasteiger partial charge in [0.25, 0.3) is 0 Å². The van der Waals surface area contributed by atoms with Crippen LogP contribution in [-0.2, 0) is 18.4 Å². The van der Waals surface area contributed by atoms with E-state index in [2.05, 4.69) is 109 Å². The zero-order valence-corrected chi connectivity index (χ0v) is 44.4. The summed E-state index contributed by atoms with van der Waals surface area (Å²) in [6, 6.07) is -1.06. The molecule has 4 atom stereocenters. The lowest BCUT2D eigenvalue weighted by Gasteiger charge is -2.28. The Morgan fingerprint density at radius 2 is 0.955 bits per heavy atom. The van der Waals surface area contributed by atoms with Crippen LogP contribution in [0.25, 0.3) is 0 Å². The van der Waals surface area contributed by atoms with Gasteiger partial charge in [-0.1, -0.05) is 188 Å². The molecule has 67 heavy (non-hydrogen) atoms. The molecule has 0 aliphatic rings. The van der Waals surface area contributed by atoms with Gasteiger partial charge in [-0.15, -0.1) is 0 Å². The van der Waals surface area contributed by atoms with Crippen LogP contribution in [0.1, 0.15) is 200 Å². The van der Waals surface area contributed by atoms with Crippen LogP contribution in [0.2, 0.25) is 0 Å². The van der Waals surface area contributed by atoms with Crippen molar-refractivity contribution in [3.05, 3.63) is 97.2 Å². The Hall–Kier alpha value is -2.62. The van der Waals surface area contributed by atoms with Gasteiger partial charge in [0.15, 0.2) is 0 Å². The second-order valence-corrected chi connectivity index (χ2v) is 20.4. The molecule has 0 aromatic rings. The molecule has 0 spiro atoms. The number of carbonyl (C=O) groups is 1. The Morgan fingerprint density at radius 3 is 1.43 bits per heavy atom. The first-order chi connectivity index (χ1) is 32.4. The zero-order valence-electron chi connectivity index (χ0n) is 43.5. The smallest absolute Gasteiger partial charge is 0.390 e. The number of likely N-dealkylation sites (N-methyl/N-ethyl adjacent to an activating group) is 1. The normalized spacial score (nSPS) is 15.3. The number of unbranched alkanes of at least 4 members (excludes halogenated alkanes) is 18. The van der Waals surface area contributed by atoms with Crippen molar-refractivity contribution in [2.24, 2.45) is 0 Å². The second-order valence-electron chi connectivity index (χ2n) is 19.0. The SMILES string of the molecule is C/C=C/CC/C=C/CC/C=C/CCCC(O)C(O)C(COP(=O)(O)OCC[N+](C)(C)C)NC(=O)CCCCCCCCCCCCCCCCC/C=C\C/C=C\C/C=C\C/C=C\C/C=C\CC. The molecule has 0 aliphatic heterocycles. The predicted molar refractivity (Wildman–Crippen MR) is 287 cm³/mol. The quantitative estimate of drug-likeness (QED) is 0.0207. The minimum absolute atomic E-state index is 0.00844. The van der Waals surface area contributed by atoms with Crippen molar-refractivity contribution >= 4 is 13.7 Å². The number of aliphatic hydroxyl groups excluding tert-OH is 2. The van der Waals surface area contributed by atoms with Gasteiger partial charge < -0.3 is 24.9 Å². The summed E-state index contributed by atoms with van der Waals surface area (Å²) in [6.45, 7) is 4.23. The monoisotopic (exact) mass is 958 g/mol. The molecule has 0 saturated heterocycles. The fraction of sp³-hybridized carbons (Fsp3) is 0.702. The van der Waals surface area contributed by atoms with Crippen molar-refractivity contribution in [2.45, 2.75) is 218 Å². The average Bonchev–Trinajstić information content (AvgIpc) is 3.29. The van der Waals surface area contributed by atoms with Crippen LogP contribution in [0.3, 0.4) is 0 Å². The van der Waals surface area contributed by atoms with Crippen molar-refractivity contribution in [1.29, 1.82) is 0 Å². The number of amides is 1. The summed E-state index contributed by atoms with van der Waals surface area (Å²) >= 11 is 0. The first-order valence-electron chi connectivity index (χ1n) is 26.7. The molecule has 10 heteroatoms. The van der Waals surface area contributed by atoms with Crippen LogP contribution in [-0.4, -0.2) is 84.6 Å². The molecule has 1 amide bonds. The molecule has 4 N–H and O–H groups in total. The number of rotatable bonds is 47. The topological polar surface area (TPSA) is 125 Å². The molecule has 0 aliphatic carbocycles. The Kier molecular flexibility index (Phi) is 45.2. The predicted octanol–water partition coefficient (Wildman–Crippen LogP) is 14.8. The van der Waals surface area contributed by atoms with Crippen molar-refractivity contribution < 1.29 is 38.0 Å². The Labute approximate surface area is 411 Å². The van der Waals surface area contributed by atoms with Gasteiger partial charge in [0.1, 0.15) is 19.3 Å². The van der Waals surface area contributed by atoms with E-state index in [1.54, 1.807) is 0 Å². The van der Waals surface area contributed by atoms with Gasteiger partial charge in [0, 0.05) is 6.42 Å². The summed E-state index contributed by atoms with van der Waals surface area (Å²) in [6.07, 6.45) is 63.7. The highest BCUT2D eigenvalue weighted by atomic mass is 31.2. The van der Waals surface area contributed by atoms with Crippen molar-refractivity contribution in [3.8, 4) is 0 Å². The summed E-state index contributed by atoms with van der Waals surface area (Å²) in [5.41, 5.74) is 0. The van der Waals surface area contributed by atoms with E-state index < -0.39 is 32.7 Å². The Balaban J connectivity index is 4.20. The van der Waals surface area contributed by atoms with Gasteiger partial charge in [-0.25, -0.2) is 4.57 Å². The molecule has 0 aromatic carbocycles. The summed E-state index contributed by atoms with van der Waals surface area (Å²) < 4.78 is 23.5. The van der Waals surface area contributed by atoms with Crippen LogP contribution in [0, 0.1) is 0 Å². The summed E-state index contributed by atoms with van der Waals surface area (Å²) in [7, 11) is 1.39. The average molecular weight is 958 g/mol. The number of phosphoric acid groups is 1. The molecule has 0 rings (SSSR count). The number of allylic oxidation sites excluding steroid dienone is 16. The van der Waals surface area contributed by atoms with Crippen molar-refractivity contribution in [2.75, 3.05) is 40.9 Å². The standard InChI is InChI=1S/C57H101N2O7P/c1-6-8-10-12-14-16-18-20-21-22-23-24-25-26-27-28-29-30-31-32-33-34-35-36-37-38-40-42-44-46-48-50-56(61)58-54(53-66-67(63,64)65-52-51-59(3,4)5)57(62)55(60)49-47-45-43-41-39-19-17-15-13-11-9-7-2/h7-10,14-17,20-21,23-24,26-27,41,43,54-55,57,60,62H,6,11-13,18-19,22,25,28-40,42,44-53H2,1-5H3,(H-,58,61,63,64)/p+1/b9-7+,10-8-,16-14-,17-15+,21-20-,24-23-,27-26-,43-41+. The highest BCUT2D eigenvalue weighted by molar-refractivity contribution is 7.47. The number of carbonyl (C=O) groups excluding carboxylic acids is 1. The Morgan fingerprint density at radius 1 is 0.552 bits per heavy atom. The van der Waals surface area contributed by atoms with Gasteiger partial charge in [0.05, 0.1) is 39.9 Å². The van der Waals surface area contributed by atoms with E-state index in [-0.39, 0.29) is 18.9 Å². The van der Waals surface area contributed by atoms with E-state index in [0.29, 0.717) is 30.3 Å². The lowest BCUT2D eigenvalue weighted by atomic mass is 10.0. The number of hydrogen-bond donors (Lipinski definition) is 4. The lowest BCUT2D eigenvalue weighted by molar-refractivity contribution is -0.870. The molecule has 0 saturated carbocycles. The first-order valence-corrected chi connectivity index (χ1v) is 28.1.